The lowest BCUT2D eigenvalue weighted by Crippen LogP contribution is -1.89. The maximum Gasteiger partial charge on any atom is 0.229 e. The number of anilines is 1. The molecule has 0 amide bonds. The minimum atomic E-state index is 0.313. The van der Waals surface area contributed by atoms with Crippen LogP contribution in [0.15, 0.2) is 33.5 Å². The van der Waals surface area contributed by atoms with Gasteiger partial charge in [0.2, 0.25) is 5.88 Å². The van der Waals surface area contributed by atoms with Crippen LogP contribution in [0.25, 0.3) is 22.0 Å². The van der Waals surface area contributed by atoms with E-state index in [1.54, 1.807) is 6.20 Å². The smallest absolute Gasteiger partial charge is 0.229 e. The van der Waals surface area contributed by atoms with Crippen molar-refractivity contribution in [3.63, 3.8) is 0 Å². The average molecular weight is 293 g/mol. The number of nitrogens with zero attached hydrogens (tertiary/aromatic N) is 3. The first-order valence-electron chi connectivity index (χ1n) is 5.00. The summed E-state index contributed by atoms with van der Waals surface area (Å²) in [6.07, 6.45) is 1.61. The molecule has 0 saturated carbocycles. The Morgan fingerprint density at radius 1 is 1.35 bits per heavy atom. The fourth-order valence-electron chi connectivity index (χ4n) is 1.94. The molecule has 0 atom stereocenters. The number of nitrogens with two attached hydrogens (primary N) is 1. The van der Waals surface area contributed by atoms with Crippen molar-refractivity contribution in [2.24, 2.45) is 7.05 Å². The minimum absolute atomic E-state index is 0.313. The number of aryl methyl sites for hydroxylation is 1. The Morgan fingerprint density at radius 2 is 2.18 bits per heavy atom. The van der Waals surface area contributed by atoms with Crippen molar-refractivity contribution in [3.8, 4) is 11.1 Å². The van der Waals surface area contributed by atoms with Crippen LogP contribution in [0.2, 0.25) is 0 Å². The summed E-state index contributed by atoms with van der Waals surface area (Å²) in [6, 6.07) is 5.93. The molecular weight excluding hydrogens is 284 g/mol. The van der Waals surface area contributed by atoms with Crippen LogP contribution < -0.4 is 5.73 Å². The van der Waals surface area contributed by atoms with Crippen molar-refractivity contribution >= 4 is 32.7 Å². The van der Waals surface area contributed by atoms with E-state index in [1.807, 2.05) is 29.9 Å². The van der Waals surface area contributed by atoms with Crippen molar-refractivity contribution in [2.75, 3.05) is 5.73 Å². The summed E-state index contributed by atoms with van der Waals surface area (Å²) in [5.41, 5.74) is 8.51. The molecule has 0 aliphatic carbocycles. The lowest BCUT2D eigenvalue weighted by molar-refractivity contribution is 0.436. The fourth-order valence-corrected chi connectivity index (χ4v) is 2.59. The molecule has 0 bridgehead atoms. The molecule has 2 aromatic heterocycles. The third-order valence-corrected chi connectivity index (χ3v) is 3.28. The van der Waals surface area contributed by atoms with E-state index >= 15 is 0 Å². The van der Waals surface area contributed by atoms with Crippen LogP contribution in [0.4, 0.5) is 5.88 Å². The van der Waals surface area contributed by atoms with E-state index in [1.165, 1.54) is 0 Å². The molecule has 0 fully saturated rings. The number of aromatic nitrogens is 3. The van der Waals surface area contributed by atoms with Gasteiger partial charge in [0.25, 0.3) is 0 Å². The van der Waals surface area contributed by atoms with Crippen LogP contribution in [0.1, 0.15) is 0 Å². The summed E-state index contributed by atoms with van der Waals surface area (Å²) in [6.45, 7) is 0. The second kappa shape index (κ2) is 3.59. The highest BCUT2D eigenvalue weighted by atomic mass is 79.9. The summed E-state index contributed by atoms with van der Waals surface area (Å²) in [5, 5.41) is 9.04. The summed E-state index contributed by atoms with van der Waals surface area (Å²) < 4.78 is 7.50. The lowest BCUT2D eigenvalue weighted by atomic mass is 10.0. The van der Waals surface area contributed by atoms with Crippen molar-refractivity contribution in [3.05, 3.63) is 29.0 Å². The average Bonchev–Trinajstić information content (AvgIpc) is 2.85. The Labute approximate surface area is 105 Å². The van der Waals surface area contributed by atoms with Gasteiger partial charge in [-0.1, -0.05) is 17.3 Å². The summed E-state index contributed by atoms with van der Waals surface area (Å²) >= 11 is 3.45. The van der Waals surface area contributed by atoms with Crippen LogP contribution >= 0.6 is 15.9 Å². The van der Waals surface area contributed by atoms with Crippen LogP contribution in [-0.2, 0) is 7.05 Å². The fraction of sp³-hybridized carbons (Fsp3) is 0.0909. The molecule has 6 heteroatoms. The highest BCUT2D eigenvalue weighted by molar-refractivity contribution is 9.10. The Balaban J connectivity index is 2.42. The van der Waals surface area contributed by atoms with E-state index in [0.29, 0.717) is 5.88 Å². The Morgan fingerprint density at radius 3 is 2.88 bits per heavy atom. The van der Waals surface area contributed by atoms with E-state index in [0.717, 1.165) is 26.6 Å². The van der Waals surface area contributed by atoms with E-state index in [2.05, 4.69) is 26.2 Å². The molecule has 2 N–H and O–H groups in total. The zero-order valence-electron chi connectivity index (χ0n) is 9.01. The molecule has 3 rings (SSSR count). The molecule has 0 saturated heterocycles. The quantitative estimate of drug-likeness (QED) is 0.748. The molecule has 1 aromatic carbocycles. The first-order chi connectivity index (χ1) is 8.18. The molecule has 0 spiro atoms. The molecule has 0 radical (unpaired) electrons. The van der Waals surface area contributed by atoms with Crippen LogP contribution in [0.3, 0.4) is 0 Å². The molecule has 0 aliphatic heterocycles. The van der Waals surface area contributed by atoms with Gasteiger partial charge >= 0.3 is 0 Å². The minimum Gasteiger partial charge on any atom is -0.367 e. The molecule has 17 heavy (non-hydrogen) atoms. The molecule has 0 aliphatic rings. The molecule has 86 valence electrons. The van der Waals surface area contributed by atoms with Gasteiger partial charge in [-0.15, -0.1) is 0 Å². The highest BCUT2D eigenvalue weighted by Crippen LogP contribution is 2.35. The predicted molar refractivity (Wildman–Crippen MR) is 68.3 cm³/mol. The van der Waals surface area contributed by atoms with Crippen LogP contribution in [0.5, 0.6) is 0 Å². The zero-order valence-corrected chi connectivity index (χ0v) is 10.6. The van der Waals surface area contributed by atoms with E-state index < -0.39 is 0 Å². The van der Waals surface area contributed by atoms with Crippen LogP contribution in [0, 0.1) is 0 Å². The van der Waals surface area contributed by atoms with Crippen molar-refractivity contribution in [1.29, 1.82) is 0 Å². The molecule has 5 nitrogen and oxygen atoms in total. The highest BCUT2D eigenvalue weighted by Gasteiger charge is 2.15. The number of benzene rings is 1. The van der Waals surface area contributed by atoms with Crippen LogP contribution in [-0.4, -0.2) is 14.9 Å². The third kappa shape index (κ3) is 1.44. The molecule has 3 aromatic rings. The SMILES string of the molecule is Cn1nc(Br)c2c(-c3cnoc3N)cccc21. The van der Waals surface area contributed by atoms with Gasteiger partial charge in [0.15, 0.2) is 0 Å². The Hall–Kier alpha value is -1.82. The van der Waals surface area contributed by atoms with Gasteiger partial charge in [0, 0.05) is 18.0 Å². The molecule has 2 heterocycles. The van der Waals surface area contributed by atoms with Crippen molar-refractivity contribution in [2.45, 2.75) is 0 Å². The van der Waals surface area contributed by atoms with E-state index in [-0.39, 0.29) is 0 Å². The first kappa shape index (κ1) is 10.3. The molecular formula is C11H9BrN4O. The van der Waals surface area contributed by atoms with Crippen molar-refractivity contribution < 1.29 is 4.52 Å². The standard InChI is InChI=1S/C11H9BrN4O/c1-16-8-4-2-3-6(9(8)10(12)15-16)7-5-14-17-11(7)13/h2-5H,13H2,1H3. The Bertz CT molecular complexity index is 701. The van der Waals surface area contributed by atoms with E-state index in [9.17, 15) is 0 Å². The van der Waals surface area contributed by atoms with Crippen molar-refractivity contribution in [1.82, 2.24) is 14.9 Å². The van der Waals surface area contributed by atoms with E-state index in [4.69, 9.17) is 10.3 Å². The second-order valence-corrected chi connectivity index (χ2v) is 4.47. The van der Waals surface area contributed by atoms with Gasteiger partial charge in [0.1, 0.15) is 4.60 Å². The lowest BCUT2D eigenvalue weighted by Gasteiger charge is -2.01. The monoisotopic (exact) mass is 292 g/mol. The summed E-state index contributed by atoms with van der Waals surface area (Å²) in [5.74, 6) is 0.313. The normalized spacial score (nSPS) is 11.2. The molecule has 0 unspecified atom stereocenters. The van der Waals surface area contributed by atoms with Gasteiger partial charge in [-0.2, -0.15) is 5.10 Å². The third-order valence-electron chi connectivity index (χ3n) is 2.72. The second-order valence-electron chi connectivity index (χ2n) is 3.72. The number of hydrogen-bond acceptors (Lipinski definition) is 4. The largest absolute Gasteiger partial charge is 0.367 e. The van der Waals surface area contributed by atoms with Gasteiger partial charge < -0.3 is 10.3 Å². The number of rotatable bonds is 1. The maximum atomic E-state index is 5.75. The number of nitrogen functional groups attached to an aromatic ring is 1. The summed E-state index contributed by atoms with van der Waals surface area (Å²) in [7, 11) is 1.90. The topological polar surface area (TPSA) is 69.9 Å². The zero-order chi connectivity index (χ0) is 12.0. The van der Waals surface area contributed by atoms with Gasteiger partial charge in [-0.25, -0.2) is 0 Å². The van der Waals surface area contributed by atoms with Gasteiger partial charge in [0.05, 0.1) is 17.3 Å². The summed E-state index contributed by atoms with van der Waals surface area (Å²) in [4.78, 5) is 0. The van der Waals surface area contributed by atoms with Gasteiger partial charge in [-0.3, -0.25) is 4.68 Å². The Kier molecular flexibility index (Phi) is 2.19. The maximum absolute atomic E-state index is 5.75. The number of halogens is 1. The predicted octanol–water partition coefficient (Wildman–Crippen LogP) is 2.57. The first-order valence-corrected chi connectivity index (χ1v) is 5.79. The number of fused-ring (bicyclic) bond motifs is 1. The van der Waals surface area contributed by atoms with Gasteiger partial charge in [-0.05, 0) is 22.0 Å². The number of hydrogen-bond donors (Lipinski definition) is 1.